The van der Waals surface area contributed by atoms with Gasteiger partial charge in [0, 0.05) is 10.8 Å². The number of anilines is 2. The lowest BCUT2D eigenvalue weighted by atomic mass is 9.90. The van der Waals surface area contributed by atoms with E-state index < -0.39 is 11.8 Å². The van der Waals surface area contributed by atoms with E-state index in [1.54, 1.807) is 0 Å². The maximum Gasteiger partial charge on any atom is 0.238 e. The Hall–Kier alpha value is -4.92. The maximum atomic E-state index is 13.5. The van der Waals surface area contributed by atoms with Crippen LogP contribution < -0.4 is 10.6 Å². The van der Waals surface area contributed by atoms with Crippen LogP contribution in [-0.4, -0.2) is 21.8 Å². The highest BCUT2D eigenvalue weighted by Crippen LogP contribution is 2.32. The Bertz CT molecular complexity index is 1560. The normalized spacial score (nSPS) is 11.0. The molecule has 0 bridgehead atoms. The SMILES string of the molecule is O=C(Nc1nc(-c2csc(NC(=O)C(c3ccccc3)c3ccccc3)n2)cs1)C(c1ccccc1)c1ccccc1. The molecule has 2 amide bonds. The van der Waals surface area contributed by atoms with E-state index in [-0.39, 0.29) is 11.8 Å². The summed E-state index contributed by atoms with van der Waals surface area (Å²) in [6, 6.07) is 38.8. The van der Waals surface area contributed by atoms with Crippen molar-refractivity contribution in [3.8, 4) is 11.4 Å². The molecule has 8 heteroatoms. The van der Waals surface area contributed by atoms with Crippen LogP contribution in [0.4, 0.5) is 10.3 Å². The van der Waals surface area contributed by atoms with Crippen molar-refractivity contribution in [2.45, 2.75) is 11.8 Å². The van der Waals surface area contributed by atoms with Crippen LogP contribution in [0.15, 0.2) is 132 Å². The van der Waals surface area contributed by atoms with E-state index in [2.05, 4.69) is 20.6 Å². The minimum Gasteiger partial charge on any atom is -0.301 e. The zero-order valence-electron chi connectivity index (χ0n) is 22.4. The third-order valence-corrected chi connectivity index (χ3v) is 8.30. The van der Waals surface area contributed by atoms with Gasteiger partial charge < -0.3 is 10.6 Å². The number of carbonyl (C=O) groups excluding carboxylic acids is 2. The molecular weight excluding hydrogens is 561 g/mol. The van der Waals surface area contributed by atoms with Gasteiger partial charge in [-0.15, -0.1) is 22.7 Å². The van der Waals surface area contributed by atoms with Gasteiger partial charge >= 0.3 is 0 Å². The molecule has 0 saturated heterocycles. The fraction of sp³-hybridized carbons (Fsp3) is 0.0588. The highest BCUT2D eigenvalue weighted by molar-refractivity contribution is 7.15. The van der Waals surface area contributed by atoms with E-state index in [1.165, 1.54) is 22.7 Å². The average Bonchev–Trinajstić information content (AvgIpc) is 3.69. The van der Waals surface area contributed by atoms with E-state index in [0.29, 0.717) is 21.7 Å². The summed E-state index contributed by atoms with van der Waals surface area (Å²) in [5, 5.41) is 10.7. The Morgan fingerprint density at radius 1 is 0.476 bits per heavy atom. The van der Waals surface area contributed by atoms with E-state index in [4.69, 9.17) is 0 Å². The molecule has 2 aromatic heterocycles. The van der Waals surface area contributed by atoms with Crippen LogP contribution in [0.3, 0.4) is 0 Å². The van der Waals surface area contributed by atoms with Crippen molar-refractivity contribution in [2.24, 2.45) is 0 Å². The fourth-order valence-electron chi connectivity index (χ4n) is 4.83. The number of rotatable bonds is 9. The van der Waals surface area contributed by atoms with Gasteiger partial charge in [0.2, 0.25) is 11.8 Å². The zero-order valence-corrected chi connectivity index (χ0v) is 24.0. The molecule has 6 aromatic rings. The predicted molar refractivity (Wildman–Crippen MR) is 170 cm³/mol. The minimum absolute atomic E-state index is 0.160. The smallest absolute Gasteiger partial charge is 0.238 e. The summed E-state index contributed by atoms with van der Waals surface area (Å²) in [6.07, 6.45) is 0. The van der Waals surface area contributed by atoms with Gasteiger partial charge in [0.15, 0.2) is 10.3 Å². The summed E-state index contributed by atoms with van der Waals surface area (Å²) in [7, 11) is 0. The molecule has 4 aromatic carbocycles. The van der Waals surface area contributed by atoms with E-state index in [9.17, 15) is 9.59 Å². The number of carbonyl (C=O) groups is 2. The quantitative estimate of drug-likeness (QED) is 0.181. The standard InChI is InChI=1S/C34H26N4O2S2/c39-31(29(23-13-5-1-6-14-23)24-15-7-2-8-16-24)37-33-35-27(21-41-33)28-22-42-34(36-28)38-32(40)30(25-17-9-3-10-18-25)26-19-11-4-12-20-26/h1-22,29-30H,(H,35,37,39)(H,36,38,40). The molecule has 0 spiro atoms. The number of thiazole rings is 2. The third-order valence-electron chi connectivity index (χ3n) is 6.79. The summed E-state index contributed by atoms with van der Waals surface area (Å²) in [4.78, 5) is 36.2. The molecule has 6 nitrogen and oxygen atoms in total. The van der Waals surface area contributed by atoms with Crippen LogP contribution in [0.2, 0.25) is 0 Å². The van der Waals surface area contributed by atoms with Crippen molar-refractivity contribution in [3.05, 3.63) is 154 Å². The number of aromatic nitrogens is 2. The molecule has 0 saturated carbocycles. The van der Waals surface area contributed by atoms with Crippen molar-refractivity contribution >= 4 is 44.8 Å². The van der Waals surface area contributed by atoms with Gasteiger partial charge in [0.1, 0.15) is 11.4 Å². The van der Waals surface area contributed by atoms with Crippen molar-refractivity contribution in [2.75, 3.05) is 10.6 Å². The Morgan fingerprint density at radius 3 is 1.05 bits per heavy atom. The molecule has 6 rings (SSSR count). The number of nitrogens with one attached hydrogen (secondary N) is 2. The Kier molecular flexibility index (Phi) is 8.26. The Labute approximate surface area is 251 Å². The van der Waals surface area contributed by atoms with Crippen LogP contribution in [0.25, 0.3) is 11.4 Å². The second-order valence-corrected chi connectivity index (χ2v) is 11.3. The molecule has 2 heterocycles. The van der Waals surface area contributed by atoms with Crippen LogP contribution in [0, 0.1) is 0 Å². The molecule has 42 heavy (non-hydrogen) atoms. The largest absolute Gasteiger partial charge is 0.301 e. The lowest BCUT2D eigenvalue weighted by Gasteiger charge is -2.17. The lowest BCUT2D eigenvalue weighted by molar-refractivity contribution is -0.117. The first-order valence-electron chi connectivity index (χ1n) is 13.4. The second kappa shape index (κ2) is 12.7. The van der Waals surface area contributed by atoms with Gasteiger partial charge in [-0.25, -0.2) is 9.97 Å². The Morgan fingerprint density at radius 2 is 0.762 bits per heavy atom. The number of amides is 2. The minimum atomic E-state index is -0.469. The van der Waals surface area contributed by atoms with Gasteiger partial charge in [-0.2, -0.15) is 0 Å². The summed E-state index contributed by atoms with van der Waals surface area (Å²) in [5.74, 6) is -1.26. The lowest BCUT2D eigenvalue weighted by Crippen LogP contribution is -2.22. The Balaban J connectivity index is 1.18. The van der Waals surface area contributed by atoms with Crippen molar-refractivity contribution in [1.29, 1.82) is 0 Å². The maximum absolute atomic E-state index is 13.5. The first kappa shape index (κ1) is 27.3. The van der Waals surface area contributed by atoms with Crippen molar-refractivity contribution < 1.29 is 9.59 Å². The highest BCUT2D eigenvalue weighted by atomic mass is 32.1. The topological polar surface area (TPSA) is 84.0 Å². The molecule has 0 aliphatic carbocycles. The first-order valence-corrected chi connectivity index (χ1v) is 15.1. The number of benzene rings is 4. The van der Waals surface area contributed by atoms with Gasteiger partial charge in [0.25, 0.3) is 0 Å². The van der Waals surface area contributed by atoms with Gasteiger partial charge in [-0.3, -0.25) is 9.59 Å². The van der Waals surface area contributed by atoms with E-state index >= 15 is 0 Å². The van der Waals surface area contributed by atoms with Crippen LogP contribution in [0.5, 0.6) is 0 Å². The summed E-state index contributed by atoms with van der Waals surface area (Å²) in [5.41, 5.74) is 4.88. The van der Waals surface area contributed by atoms with Crippen LogP contribution in [-0.2, 0) is 9.59 Å². The predicted octanol–water partition coefficient (Wildman–Crippen LogP) is 7.81. The molecule has 2 N–H and O–H groups in total. The van der Waals surface area contributed by atoms with Gasteiger partial charge in [-0.05, 0) is 22.3 Å². The van der Waals surface area contributed by atoms with Crippen molar-refractivity contribution in [3.63, 3.8) is 0 Å². The molecule has 0 aliphatic rings. The summed E-state index contributed by atoms with van der Waals surface area (Å²) in [6.45, 7) is 0. The third kappa shape index (κ3) is 6.20. The van der Waals surface area contributed by atoms with Gasteiger partial charge in [-0.1, -0.05) is 121 Å². The number of nitrogens with zero attached hydrogens (tertiary/aromatic N) is 2. The van der Waals surface area contributed by atoms with Crippen LogP contribution >= 0.6 is 22.7 Å². The molecule has 206 valence electrons. The monoisotopic (exact) mass is 586 g/mol. The van der Waals surface area contributed by atoms with Crippen molar-refractivity contribution in [1.82, 2.24) is 9.97 Å². The molecule has 0 fully saturated rings. The first-order chi connectivity index (χ1) is 20.7. The summed E-state index contributed by atoms with van der Waals surface area (Å²) >= 11 is 2.67. The molecule has 0 aliphatic heterocycles. The van der Waals surface area contributed by atoms with E-state index in [0.717, 1.165) is 22.3 Å². The highest BCUT2D eigenvalue weighted by Gasteiger charge is 2.25. The molecule has 0 unspecified atom stereocenters. The molecule has 0 radical (unpaired) electrons. The van der Waals surface area contributed by atoms with Gasteiger partial charge in [0.05, 0.1) is 11.8 Å². The average molecular weight is 587 g/mol. The summed E-state index contributed by atoms with van der Waals surface area (Å²) < 4.78 is 0. The van der Waals surface area contributed by atoms with Crippen LogP contribution in [0.1, 0.15) is 34.1 Å². The second-order valence-electron chi connectivity index (χ2n) is 9.56. The number of hydrogen-bond donors (Lipinski definition) is 2. The van der Waals surface area contributed by atoms with E-state index in [1.807, 2.05) is 132 Å². The zero-order chi connectivity index (χ0) is 28.7. The molecular formula is C34H26N4O2S2. The fourth-order valence-corrected chi connectivity index (χ4v) is 6.24. The molecule has 0 atom stereocenters. The number of hydrogen-bond acceptors (Lipinski definition) is 6.